The van der Waals surface area contributed by atoms with Crippen LogP contribution in [0.1, 0.15) is 34.8 Å². The Morgan fingerprint density at radius 2 is 2.29 bits per heavy atom. The number of carbonyl (C=O) groups is 1. The highest BCUT2D eigenvalue weighted by molar-refractivity contribution is 5.96. The molecule has 0 spiro atoms. The minimum absolute atomic E-state index is 0.0125. The lowest BCUT2D eigenvalue weighted by Crippen LogP contribution is -2.40. The quantitative estimate of drug-likeness (QED) is 0.801. The summed E-state index contributed by atoms with van der Waals surface area (Å²) in [6.45, 7) is 4.99. The van der Waals surface area contributed by atoms with Crippen LogP contribution in [-0.4, -0.2) is 41.7 Å². The molecule has 0 radical (unpaired) electrons. The maximum Gasteiger partial charge on any atom is 0.254 e. The number of rotatable bonds is 2. The lowest BCUT2D eigenvalue weighted by Gasteiger charge is -2.26. The van der Waals surface area contributed by atoms with E-state index in [0.29, 0.717) is 24.6 Å². The molecule has 3 N–H and O–H groups in total. The van der Waals surface area contributed by atoms with Gasteiger partial charge in [-0.25, -0.2) is 0 Å². The predicted molar refractivity (Wildman–Crippen MR) is 82.8 cm³/mol. The Labute approximate surface area is 125 Å². The predicted octanol–water partition coefficient (Wildman–Crippen LogP) is 1.15. The summed E-state index contributed by atoms with van der Waals surface area (Å²) < 4.78 is 0. The van der Waals surface area contributed by atoms with E-state index in [9.17, 15) is 9.90 Å². The van der Waals surface area contributed by atoms with Crippen molar-refractivity contribution in [1.82, 2.24) is 4.90 Å². The highest BCUT2D eigenvalue weighted by Crippen LogP contribution is 2.26. The number of nitrogens with two attached hydrogens (primary N) is 1. The smallest absolute Gasteiger partial charge is 0.254 e. The molecule has 4 nitrogen and oxygen atoms in total. The van der Waals surface area contributed by atoms with Crippen LogP contribution in [0.3, 0.4) is 0 Å². The van der Waals surface area contributed by atoms with E-state index in [1.807, 2.05) is 25.1 Å². The van der Waals surface area contributed by atoms with Gasteiger partial charge in [0.25, 0.3) is 5.91 Å². The second-order valence-corrected chi connectivity index (χ2v) is 5.50. The third kappa shape index (κ3) is 3.10. The number of hydrogen-bond donors (Lipinski definition) is 2. The second-order valence-electron chi connectivity index (χ2n) is 5.50. The van der Waals surface area contributed by atoms with Gasteiger partial charge in [0.15, 0.2) is 0 Å². The Bertz CT molecular complexity index is 586. The minimum atomic E-state index is -0.0873. The molecule has 1 saturated heterocycles. The van der Waals surface area contributed by atoms with Gasteiger partial charge in [0.1, 0.15) is 0 Å². The zero-order valence-corrected chi connectivity index (χ0v) is 12.6. The van der Waals surface area contributed by atoms with E-state index in [0.717, 1.165) is 17.5 Å². The highest BCUT2D eigenvalue weighted by Gasteiger charge is 2.34. The Morgan fingerprint density at radius 3 is 2.95 bits per heavy atom. The SMILES string of the molecule is Cc1c(C#CCN)cccc1C(=O)N1CCC(C)C1CO. The fourth-order valence-electron chi connectivity index (χ4n) is 2.84. The first-order valence-corrected chi connectivity index (χ1v) is 7.30. The van der Waals surface area contributed by atoms with Gasteiger partial charge < -0.3 is 15.7 Å². The number of nitrogens with zero attached hydrogens (tertiary/aromatic N) is 1. The number of benzene rings is 1. The first kappa shape index (κ1) is 15.6. The summed E-state index contributed by atoms with van der Waals surface area (Å²) in [5, 5.41) is 9.51. The van der Waals surface area contributed by atoms with Crippen molar-refractivity contribution in [2.24, 2.45) is 11.7 Å². The number of likely N-dealkylation sites (tertiary alicyclic amines) is 1. The topological polar surface area (TPSA) is 66.6 Å². The van der Waals surface area contributed by atoms with E-state index < -0.39 is 0 Å². The molecule has 1 aliphatic rings. The molecule has 0 aliphatic carbocycles. The Morgan fingerprint density at radius 1 is 1.52 bits per heavy atom. The van der Waals surface area contributed by atoms with Crippen LogP contribution in [-0.2, 0) is 0 Å². The van der Waals surface area contributed by atoms with Gasteiger partial charge >= 0.3 is 0 Å². The number of aliphatic hydroxyl groups is 1. The van der Waals surface area contributed by atoms with Crippen LogP contribution in [0, 0.1) is 24.7 Å². The Balaban J connectivity index is 2.32. The van der Waals surface area contributed by atoms with Gasteiger partial charge in [-0.15, -0.1) is 0 Å². The van der Waals surface area contributed by atoms with Crippen molar-refractivity contribution in [1.29, 1.82) is 0 Å². The molecule has 1 aromatic carbocycles. The van der Waals surface area contributed by atoms with E-state index in [-0.39, 0.29) is 18.6 Å². The molecule has 1 aliphatic heterocycles. The van der Waals surface area contributed by atoms with E-state index in [1.54, 1.807) is 4.90 Å². The van der Waals surface area contributed by atoms with Crippen LogP contribution in [0.4, 0.5) is 0 Å². The maximum absolute atomic E-state index is 12.8. The molecule has 1 heterocycles. The van der Waals surface area contributed by atoms with Gasteiger partial charge in [0.2, 0.25) is 0 Å². The van der Waals surface area contributed by atoms with Gasteiger partial charge in [0, 0.05) is 17.7 Å². The fraction of sp³-hybridized carbons (Fsp3) is 0.471. The molecule has 4 heteroatoms. The summed E-state index contributed by atoms with van der Waals surface area (Å²) in [4.78, 5) is 14.5. The van der Waals surface area contributed by atoms with Gasteiger partial charge in [-0.3, -0.25) is 4.79 Å². The van der Waals surface area contributed by atoms with Gasteiger partial charge in [-0.1, -0.05) is 24.8 Å². The minimum Gasteiger partial charge on any atom is -0.394 e. The molecule has 2 rings (SSSR count). The summed E-state index contributed by atoms with van der Waals surface area (Å²) >= 11 is 0. The van der Waals surface area contributed by atoms with E-state index in [2.05, 4.69) is 18.8 Å². The molecule has 0 saturated carbocycles. The average molecular weight is 286 g/mol. The molecule has 1 fully saturated rings. The number of aliphatic hydroxyl groups excluding tert-OH is 1. The largest absolute Gasteiger partial charge is 0.394 e. The third-order valence-corrected chi connectivity index (χ3v) is 4.22. The van der Waals surface area contributed by atoms with Crippen molar-refractivity contribution in [3.8, 4) is 11.8 Å². The molecule has 2 atom stereocenters. The van der Waals surface area contributed by atoms with Crippen LogP contribution in [0.15, 0.2) is 18.2 Å². The molecule has 2 unspecified atom stereocenters. The molecule has 112 valence electrons. The third-order valence-electron chi connectivity index (χ3n) is 4.22. The zero-order chi connectivity index (χ0) is 15.4. The van der Waals surface area contributed by atoms with Gasteiger partial charge in [0.05, 0.1) is 19.2 Å². The summed E-state index contributed by atoms with van der Waals surface area (Å²) in [7, 11) is 0. The Kier molecular flexibility index (Phi) is 5.00. The highest BCUT2D eigenvalue weighted by atomic mass is 16.3. The van der Waals surface area contributed by atoms with Crippen LogP contribution in [0.25, 0.3) is 0 Å². The summed E-state index contributed by atoms with van der Waals surface area (Å²) in [5.74, 6) is 6.13. The second kappa shape index (κ2) is 6.75. The summed E-state index contributed by atoms with van der Waals surface area (Å²) in [5.41, 5.74) is 7.76. The first-order valence-electron chi connectivity index (χ1n) is 7.30. The number of amides is 1. The van der Waals surface area contributed by atoms with Crippen molar-refractivity contribution in [3.63, 3.8) is 0 Å². The zero-order valence-electron chi connectivity index (χ0n) is 12.6. The molecular formula is C17H22N2O2. The lowest BCUT2D eigenvalue weighted by molar-refractivity contribution is 0.0647. The number of hydrogen-bond acceptors (Lipinski definition) is 3. The lowest BCUT2D eigenvalue weighted by atomic mass is 10.0. The van der Waals surface area contributed by atoms with E-state index in [4.69, 9.17) is 5.73 Å². The monoisotopic (exact) mass is 286 g/mol. The van der Waals surface area contributed by atoms with Gasteiger partial charge in [-0.2, -0.15) is 0 Å². The number of carbonyl (C=O) groups excluding carboxylic acids is 1. The van der Waals surface area contributed by atoms with Crippen LogP contribution in [0.5, 0.6) is 0 Å². The van der Waals surface area contributed by atoms with Gasteiger partial charge in [-0.05, 0) is 37.0 Å². The normalized spacial score (nSPS) is 21.0. The standard InChI is InChI=1S/C17H22N2O2/c1-12-8-10-19(16(12)11-20)17(21)15-7-3-5-14(13(15)2)6-4-9-18/h3,5,7,12,16,20H,8-11,18H2,1-2H3. The molecule has 0 bridgehead atoms. The summed E-state index contributed by atoms with van der Waals surface area (Å²) in [6, 6.07) is 5.47. The summed E-state index contributed by atoms with van der Waals surface area (Å²) in [6.07, 6.45) is 0.933. The van der Waals surface area contributed by atoms with Crippen molar-refractivity contribution in [3.05, 3.63) is 34.9 Å². The van der Waals surface area contributed by atoms with Crippen molar-refractivity contribution >= 4 is 5.91 Å². The molecule has 1 aromatic rings. The van der Waals surface area contributed by atoms with Crippen LogP contribution in [0.2, 0.25) is 0 Å². The van der Waals surface area contributed by atoms with Crippen LogP contribution >= 0.6 is 0 Å². The van der Waals surface area contributed by atoms with Crippen molar-refractivity contribution < 1.29 is 9.90 Å². The molecule has 1 amide bonds. The van der Waals surface area contributed by atoms with E-state index in [1.165, 1.54) is 0 Å². The molecule has 21 heavy (non-hydrogen) atoms. The van der Waals surface area contributed by atoms with Crippen LogP contribution < -0.4 is 5.73 Å². The maximum atomic E-state index is 12.8. The van der Waals surface area contributed by atoms with Crippen molar-refractivity contribution in [2.75, 3.05) is 19.7 Å². The fourth-order valence-corrected chi connectivity index (χ4v) is 2.84. The Hall–Kier alpha value is -1.83. The average Bonchev–Trinajstić information content (AvgIpc) is 2.86. The van der Waals surface area contributed by atoms with Crippen molar-refractivity contribution in [2.45, 2.75) is 26.3 Å². The molecular weight excluding hydrogens is 264 g/mol. The van der Waals surface area contributed by atoms with E-state index >= 15 is 0 Å². The molecule has 0 aromatic heterocycles. The first-order chi connectivity index (χ1) is 10.1.